The molecule has 140 valence electrons. The standard InChI is InChI=1S/C24H17N3O2/c1-15-6-7-16-10-22(26-21(16)8-15)18-9-19(12-25-11-18)27-13-17-4-2-3-5-20(17)24(27)23(29)14-28/h2-14,26H,1H3. The molecule has 5 aromatic rings. The molecule has 0 aliphatic carbocycles. The highest BCUT2D eigenvalue weighted by atomic mass is 16.2. The zero-order chi connectivity index (χ0) is 20.0. The van der Waals surface area contributed by atoms with Crippen LogP contribution in [-0.2, 0) is 4.79 Å². The molecule has 0 radical (unpaired) electrons. The number of hydrogen-bond acceptors (Lipinski definition) is 3. The summed E-state index contributed by atoms with van der Waals surface area (Å²) in [5.41, 5.74) is 5.17. The molecule has 1 N–H and O–H groups in total. The molecule has 29 heavy (non-hydrogen) atoms. The number of carbonyl (C=O) groups excluding carboxylic acids is 2. The van der Waals surface area contributed by atoms with E-state index in [4.69, 9.17) is 0 Å². The number of aromatic amines is 1. The Labute approximate surface area is 166 Å². The predicted octanol–water partition coefficient (Wildman–Crippen LogP) is 4.86. The molecule has 5 nitrogen and oxygen atoms in total. The zero-order valence-corrected chi connectivity index (χ0v) is 15.7. The Hall–Kier alpha value is -3.99. The van der Waals surface area contributed by atoms with Gasteiger partial charge in [-0.3, -0.25) is 14.6 Å². The van der Waals surface area contributed by atoms with Crippen LogP contribution in [0.2, 0.25) is 0 Å². The van der Waals surface area contributed by atoms with Crippen LogP contribution in [0.3, 0.4) is 0 Å². The van der Waals surface area contributed by atoms with Crippen molar-refractivity contribution in [1.29, 1.82) is 0 Å². The molecule has 3 aromatic heterocycles. The van der Waals surface area contributed by atoms with E-state index in [2.05, 4.69) is 41.2 Å². The average molecular weight is 379 g/mol. The highest BCUT2D eigenvalue weighted by Gasteiger charge is 2.18. The van der Waals surface area contributed by atoms with Gasteiger partial charge < -0.3 is 9.55 Å². The van der Waals surface area contributed by atoms with Gasteiger partial charge >= 0.3 is 0 Å². The number of nitrogens with one attached hydrogen (secondary N) is 1. The van der Waals surface area contributed by atoms with E-state index in [0.29, 0.717) is 12.0 Å². The normalized spacial score (nSPS) is 11.2. The van der Waals surface area contributed by atoms with Crippen LogP contribution in [0.5, 0.6) is 0 Å². The number of rotatable bonds is 4. The number of benzene rings is 2. The highest BCUT2D eigenvalue weighted by Crippen LogP contribution is 2.28. The van der Waals surface area contributed by atoms with Gasteiger partial charge in [0.15, 0.2) is 6.29 Å². The summed E-state index contributed by atoms with van der Waals surface area (Å²) in [6.45, 7) is 2.06. The fraction of sp³-hybridized carbons (Fsp3) is 0.0417. The zero-order valence-electron chi connectivity index (χ0n) is 15.7. The predicted molar refractivity (Wildman–Crippen MR) is 113 cm³/mol. The first kappa shape index (κ1) is 17.1. The van der Waals surface area contributed by atoms with Gasteiger partial charge in [0.25, 0.3) is 0 Å². The average Bonchev–Trinajstić information content (AvgIpc) is 3.34. The van der Waals surface area contributed by atoms with Crippen molar-refractivity contribution in [3.63, 3.8) is 0 Å². The maximum atomic E-state index is 12.4. The van der Waals surface area contributed by atoms with Crippen LogP contribution in [-0.4, -0.2) is 26.6 Å². The minimum Gasteiger partial charge on any atom is -0.354 e. The summed E-state index contributed by atoms with van der Waals surface area (Å²) < 4.78 is 1.74. The van der Waals surface area contributed by atoms with E-state index in [-0.39, 0.29) is 0 Å². The number of ketones is 1. The number of H-pyrrole nitrogens is 1. The molecule has 0 saturated heterocycles. The van der Waals surface area contributed by atoms with E-state index in [0.717, 1.165) is 38.6 Å². The molecular weight excluding hydrogens is 362 g/mol. The first-order chi connectivity index (χ1) is 14.1. The van der Waals surface area contributed by atoms with Gasteiger partial charge in [-0.05, 0) is 30.7 Å². The number of aromatic nitrogens is 3. The highest BCUT2D eigenvalue weighted by molar-refractivity contribution is 6.36. The number of hydrogen-bond donors (Lipinski definition) is 1. The molecule has 0 aliphatic rings. The summed E-state index contributed by atoms with van der Waals surface area (Å²) in [6, 6.07) is 17.8. The largest absolute Gasteiger partial charge is 0.354 e. The van der Waals surface area contributed by atoms with Gasteiger partial charge in [0, 0.05) is 45.3 Å². The molecule has 0 amide bonds. The summed E-state index contributed by atoms with van der Waals surface area (Å²) in [5.74, 6) is -0.558. The van der Waals surface area contributed by atoms with Crippen LogP contribution < -0.4 is 0 Å². The first-order valence-electron chi connectivity index (χ1n) is 9.29. The van der Waals surface area contributed by atoms with Gasteiger partial charge in [0.2, 0.25) is 5.78 Å². The minimum atomic E-state index is -0.558. The quantitative estimate of drug-likeness (QED) is 0.275. The summed E-state index contributed by atoms with van der Waals surface area (Å²) in [5, 5.41) is 2.76. The third-order valence-electron chi connectivity index (χ3n) is 5.16. The molecule has 0 fully saturated rings. The minimum absolute atomic E-state index is 0.349. The lowest BCUT2D eigenvalue weighted by molar-refractivity contribution is -0.104. The number of aryl methyl sites for hydroxylation is 1. The second-order valence-corrected chi connectivity index (χ2v) is 7.12. The van der Waals surface area contributed by atoms with E-state index in [1.165, 1.54) is 5.56 Å². The third-order valence-corrected chi connectivity index (χ3v) is 5.16. The fourth-order valence-corrected chi connectivity index (χ4v) is 3.77. The van der Waals surface area contributed by atoms with Crippen molar-refractivity contribution in [1.82, 2.24) is 14.5 Å². The number of fused-ring (bicyclic) bond motifs is 2. The van der Waals surface area contributed by atoms with E-state index < -0.39 is 5.78 Å². The summed E-state index contributed by atoms with van der Waals surface area (Å²) in [4.78, 5) is 31.4. The van der Waals surface area contributed by atoms with Crippen molar-refractivity contribution in [2.45, 2.75) is 6.92 Å². The Bertz CT molecular complexity index is 1410. The molecule has 5 heteroatoms. The van der Waals surface area contributed by atoms with Crippen LogP contribution in [0.25, 0.3) is 38.6 Å². The molecule has 2 aromatic carbocycles. The molecule has 0 spiro atoms. The van der Waals surface area contributed by atoms with E-state index in [1.54, 1.807) is 17.0 Å². The van der Waals surface area contributed by atoms with Crippen molar-refractivity contribution >= 4 is 33.7 Å². The smallest absolute Gasteiger partial charge is 0.242 e. The van der Waals surface area contributed by atoms with Crippen molar-refractivity contribution in [2.24, 2.45) is 0 Å². The van der Waals surface area contributed by atoms with Crippen LogP contribution in [0.15, 0.2) is 73.2 Å². The van der Waals surface area contributed by atoms with Gasteiger partial charge in [-0.25, -0.2) is 0 Å². The molecule has 3 heterocycles. The number of pyridine rings is 1. The molecule has 0 unspecified atom stereocenters. The second kappa shape index (κ2) is 6.56. The van der Waals surface area contributed by atoms with Crippen molar-refractivity contribution < 1.29 is 9.59 Å². The molecule has 0 atom stereocenters. The number of aldehydes is 1. The Kier molecular flexibility index (Phi) is 3.88. The van der Waals surface area contributed by atoms with E-state index in [9.17, 15) is 9.59 Å². The maximum absolute atomic E-state index is 12.4. The van der Waals surface area contributed by atoms with Crippen molar-refractivity contribution in [3.8, 4) is 16.9 Å². The number of carbonyl (C=O) groups is 2. The van der Waals surface area contributed by atoms with Gasteiger partial charge in [0.1, 0.15) is 5.69 Å². The monoisotopic (exact) mass is 379 g/mol. The van der Waals surface area contributed by atoms with Crippen LogP contribution in [0.4, 0.5) is 0 Å². The molecular formula is C24H17N3O2. The van der Waals surface area contributed by atoms with Gasteiger partial charge in [-0.1, -0.05) is 36.4 Å². The van der Waals surface area contributed by atoms with Crippen molar-refractivity contribution in [2.75, 3.05) is 0 Å². The van der Waals surface area contributed by atoms with E-state index >= 15 is 0 Å². The first-order valence-corrected chi connectivity index (χ1v) is 9.29. The SMILES string of the molecule is Cc1ccc2cc(-c3cncc(-n4cc5ccccc5c4C(=O)C=O)c3)[nH]c2c1. The Morgan fingerprint density at radius 3 is 2.76 bits per heavy atom. The molecule has 0 aliphatic heterocycles. The third kappa shape index (κ3) is 2.84. The second-order valence-electron chi connectivity index (χ2n) is 7.12. The lowest BCUT2D eigenvalue weighted by Crippen LogP contribution is -2.08. The molecule has 0 bridgehead atoms. The van der Waals surface area contributed by atoms with Gasteiger partial charge in [-0.15, -0.1) is 0 Å². The lowest BCUT2D eigenvalue weighted by atomic mass is 10.1. The summed E-state index contributed by atoms with van der Waals surface area (Å²) in [7, 11) is 0. The summed E-state index contributed by atoms with van der Waals surface area (Å²) >= 11 is 0. The van der Waals surface area contributed by atoms with Gasteiger partial charge in [0.05, 0.1) is 11.9 Å². The topological polar surface area (TPSA) is 67.8 Å². The van der Waals surface area contributed by atoms with Crippen LogP contribution in [0.1, 0.15) is 16.1 Å². The summed E-state index contributed by atoms with van der Waals surface area (Å²) in [6.07, 6.45) is 5.69. The number of nitrogens with zero attached hydrogens (tertiary/aromatic N) is 2. The Morgan fingerprint density at radius 1 is 1.03 bits per heavy atom. The number of Topliss-reactive ketones (excluding diaryl/α,β-unsaturated/α-hetero) is 1. The Balaban J connectivity index is 1.68. The molecule has 0 saturated carbocycles. The van der Waals surface area contributed by atoms with E-state index in [1.807, 2.05) is 36.5 Å². The maximum Gasteiger partial charge on any atom is 0.242 e. The van der Waals surface area contributed by atoms with Gasteiger partial charge in [-0.2, -0.15) is 0 Å². The van der Waals surface area contributed by atoms with Crippen molar-refractivity contribution in [3.05, 3.63) is 84.4 Å². The van der Waals surface area contributed by atoms with Crippen LogP contribution >= 0.6 is 0 Å². The van der Waals surface area contributed by atoms with Crippen LogP contribution in [0, 0.1) is 6.92 Å². The lowest BCUT2D eigenvalue weighted by Gasteiger charge is -2.08. The Morgan fingerprint density at radius 2 is 1.90 bits per heavy atom. The fourth-order valence-electron chi connectivity index (χ4n) is 3.77. The molecule has 5 rings (SSSR count).